The Morgan fingerprint density at radius 2 is 2.05 bits per heavy atom. The topological polar surface area (TPSA) is 78.1 Å². The summed E-state index contributed by atoms with van der Waals surface area (Å²) in [6, 6.07) is 11.2. The van der Waals surface area contributed by atoms with Gasteiger partial charge in [0, 0.05) is 10.6 Å². The Morgan fingerprint density at radius 1 is 1.16 bits per heavy atom. The van der Waals surface area contributed by atoms with Crippen molar-refractivity contribution in [3.8, 4) is 11.7 Å². The molecule has 0 aliphatic rings. The Labute approximate surface area is 113 Å². The lowest BCUT2D eigenvalue weighted by atomic mass is 10.3. The van der Waals surface area contributed by atoms with Crippen LogP contribution in [0.25, 0.3) is 11.7 Å². The van der Waals surface area contributed by atoms with E-state index in [0.717, 1.165) is 10.6 Å². The summed E-state index contributed by atoms with van der Waals surface area (Å²) in [4.78, 5) is 5.27. The predicted molar refractivity (Wildman–Crippen MR) is 72.4 cm³/mol. The number of nitrogens with zero attached hydrogens (tertiary/aromatic N) is 2. The highest BCUT2D eigenvalue weighted by molar-refractivity contribution is 7.98. The average Bonchev–Trinajstić information content (AvgIpc) is 3.09. The van der Waals surface area contributed by atoms with Crippen LogP contribution in [-0.4, -0.2) is 10.1 Å². The first-order chi connectivity index (χ1) is 9.33. The predicted octanol–water partition coefficient (Wildman–Crippen LogP) is 3.20. The van der Waals surface area contributed by atoms with Gasteiger partial charge in [-0.3, -0.25) is 0 Å². The highest BCUT2D eigenvalue weighted by Gasteiger charge is 2.11. The minimum Gasteiger partial charge on any atom is -0.459 e. The highest BCUT2D eigenvalue weighted by Crippen LogP contribution is 2.27. The Bertz CT molecular complexity index is 664. The van der Waals surface area contributed by atoms with Gasteiger partial charge in [0.25, 0.3) is 5.89 Å². The summed E-state index contributed by atoms with van der Waals surface area (Å²) in [5, 5.41) is 3.91. The normalized spacial score (nSPS) is 10.7. The largest absolute Gasteiger partial charge is 0.459 e. The molecule has 3 aromatic rings. The van der Waals surface area contributed by atoms with Crippen LogP contribution in [0.5, 0.6) is 0 Å². The molecule has 0 saturated carbocycles. The summed E-state index contributed by atoms with van der Waals surface area (Å²) in [6.07, 6.45) is 1.57. The van der Waals surface area contributed by atoms with Crippen LogP contribution in [0.2, 0.25) is 0 Å². The van der Waals surface area contributed by atoms with E-state index in [4.69, 9.17) is 14.7 Å². The van der Waals surface area contributed by atoms with Gasteiger partial charge >= 0.3 is 0 Å². The maximum absolute atomic E-state index is 5.87. The first-order valence-electron chi connectivity index (χ1n) is 5.67. The molecule has 0 atom stereocenters. The number of nitrogens with two attached hydrogens (primary N) is 1. The van der Waals surface area contributed by atoms with E-state index in [9.17, 15) is 0 Å². The fourth-order valence-corrected chi connectivity index (χ4v) is 2.38. The van der Waals surface area contributed by atoms with Crippen molar-refractivity contribution in [2.45, 2.75) is 10.6 Å². The molecule has 0 amide bonds. The molecule has 0 radical (unpaired) electrons. The van der Waals surface area contributed by atoms with E-state index in [1.807, 2.05) is 24.3 Å². The van der Waals surface area contributed by atoms with E-state index in [1.165, 1.54) is 0 Å². The fraction of sp³-hybridized carbons (Fsp3) is 0.0769. The van der Waals surface area contributed by atoms with Gasteiger partial charge in [-0.2, -0.15) is 4.98 Å². The maximum atomic E-state index is 5.87. The number of furan rings is 1. The van der Waals surface area contributed by atoms with Gasteiger partial charge in [0.15, 0.2) is 11.6 Å². The Hall–Kier alpha value is -2.21. The number of nitrogen functional groups attached to an aromatic ring is 1. The monoisotopic (exact) mass is 273 g/mol. The molecule has 0 aliphatic carbocycles. The second kappa shape index (κ2) is 5.19. The first-order valence-corrected chi connectivity index (χ1v) is 6.65. The SMILES string of the molecule is Nc1ccccc1SCc1noc(-c2ccco2)n1. The third-order valence-corrected chi connectivity index (χ3v) is 3.56. The number of hydrogen-bond acceptors (Lipinski definition) is 6. The minimum atomic E-state index is 0.390. The maximum Gasteiger partial charge on any atom is 0.293 e. The molecule has 96 valence electrons. The number of para-hydroxylation sites is 1. The molecule has 0 spiro atoms. The first kappa shape index (κ1) is 11.9. The molecule has 0 saturated heterocycles. The van der Waals surface area contributed by atoms with Crippen molar-refractivity contribution in [2.24, 2.45) is 0 Å². The fourth-order valence-electron chi connectivity index (χ4n) is 1.57. The average molecular weight is 273 g/mol. The van der Waals surface area contributed by atoms with Crippen molar-refractivity contribution in [1.29, 1.82) is 0 Å². The summed E-state index contributed by atoms with van der Waals surface area (Å²) >= 11 is 1.57. The molecule has 0 unspecified atom stereocenters. The van der Waals surface area contributed by atoms with Crippen molar-refractivity contribution in [2.75, 3.05) is 5.73 Å². The standard InChI is InChI=1S/C13H11N3O2S/c14-9-4-1-2-6-11(9)19-8-12-15-13(18-16-12)10-5-3-7-17-10/h1-7H,8,14H2. The van der Waals surface area contributed by atoms with Crippen LogP contribution in [0.4, 0.5) is 5.69 Å². The van der Waals surface area contributed by atoms with Gasteiger partial charge in [0.1, 0.15) is 0 Å². The smallest absolute Gasteiger partial charge is 0.293 e. The lowest BCUT2D eigenvalue weighted by Gasteiger charge is -2.01. The molecule has 0 fully saturated rings. The van der Waals surface area contributed by atoms with Gasteiger partial charge < -0.3 is 14.7 Å². The Kier molecular flexibility index (Phi) is 3.24. The third kappa shape index (κ3) is 2.63. The van der Waals surface area contributed by atoms with Crippen LogP contribution >= 0.6 is 11.8 Å². The Morgan fingerprint density at radius 3 is 2.84 bits per heavy atom. The van der Waals surface area contributed by atoms with E-state index in [1.54, 1.807) is 30.2 Å². The minimum absolute atomic E-state index is 0.390. The van der Waals surface area contributed by atoms with Crippen LogP contribution in [-0.2, 0) is 5.75 Å². The number of rotatable bonds is 4. The number of aromatic nitrogens is 2. The van der Waals surface area contributed by atoms with Crippen molar-refractivity contribution in [3.63, 3.8) is 0 Å². The molecule has 2 heterocycles. The van der Waals surface area contributed by atoms with Gasteiger partial charge in [-0.1, -0.05) is 17.3 Å². The molecular formula is C13H11N3O2S. The van der Waals surface area contributed by atoms with Crippen LogP contribution in [0.1, 0.15) is 5.82 Å². The second-order valence-corrected chi connectivity index (χ2v) is 4.84. The third-order valence-electron chi connectivity index (χ3n) is 2.48. The zero-order valence-corrected chi connectivity index (χ0v) is 10.8. The van der Waals surface area contributed by atoms with E-state index in [2.05, 4.69) is 10.1 Å². The molecule has 19 heavy (non-hydrogen) atoms. The molecule has 3 rings (SSSR count). The molecule has 2 N–H and O–H groups in total. The van der Waals surface area contributed by atoms with Crippen LogP contribution in [0, 0.1) is 0 Å². The number of hydrogen-bond donors (Lipinski definition) is 1. The molecule has 2 aromatic heterocycles. The quantitative estimate of drug-likeness (QED) is 0.581. The summed E-state index contributed by atoms with van der Waals surface area (Å²) in [7, 11) is 0. The molecule has 6 heteroatoms. The summed E-state index contributed by atoms with van der Waals surface area (Å²) in [6.45, 7) is 0. The zero-order chi connectivity index (χ0) is 13.1. The summed E-state index contributed by atoms with van der Waals surface area (Å²) in [5.74, 6) is 2.17. The Balaban J connectivity index is 1.70. The lowest BCUT2D eigenvalue weighted by Crippen LogP contribution is -1.89. The number of thioether (sulfide) groups is 1. The molecular weight excluding hydrogens is 262 g/mol. The van der Waals surface area contributed by atoms with E-state index < -0.39 is 0 Å². The van der Waals surface area contributed by atoms with E-state index in [-0.39, 0.29) is 0 Å². The second-order valence-electron chi connectivity index (χ2n) is 3.82. The van der Waals surface area contributed by atoms with Crippen LogP contribution in [0.15, 0.2) is 56.5 Å². The summed E-state index contributed by atoms with van der Waals surface area (Å²) < 4.78 is 10.3. The lowest BCUT2D eigenvalue weighted by molar-refractivity contribution is 0.411. The molecule has 1 aromatic carbocycles. The van der Waals surface area contributed by atoms with E-state index >= 15 is 0 Å². The van der Waals surface area contributed by atoms with Crippen LogP contribution < -0.4 is 5.73 Å². The van der Waals surface area contributed by atoms with Crippen molar-refractivity contribution in [3.05, 3.63) is 48.5 Å². The van der Waals surface area contributed by atoms with Gasteiger partial charge in [0.2, 0.25) is 0 Å². The number of anilines is 1. The van der Waals surface area contributed by atoms with Crippen molar-refractivity contribution >= 4 is 17.4 Å². The van der Waals surface area contributed by atoms with Crippen molar-refractivity contribution < 1.29 is 8.94 Å². The van der Waals surface area contributed by atoms with Crippen molar-refractivity contribution in [1.82, 2.24) is 10.1 Å². The van der Waals surface area contributed by atoms with Gasteiger partial charge in [-0.05, 0) is 24.3 Å². The molecule has 5 nitrogen and oxygen atoms in total. The zero-order valence-electron chi connectivity index (χ0n) is 9.95. The van der Waals surface area contributed by atoms with Crippen LogP contribution in [0.3, 0.4) is 0 Å². The molecule has 0 aliphatic heterocycles. The van der Waals surface area contributed by atoms with Gasteiger partial charge in [-0.15, -0.1) is 11.8 Å². The van der Waals surface area contributed by atoms with Gasteiger partial charge in [0.05, 0.1) is 12.0 Å². The van der Waals surface area contributed by atoms with E-state index in [0.29, 0.717) is 23.2 Å². The molecule has 0 bridgehead atoms. The highest BCUT2D eigenvalue weighted by atomic mass is 32.2. The number of benzene rings is 1. The van der Waals surface area contributed by atoms with Gasteiger partial charge in [-0.25, -0.2) is 0 Å². The summed E-state index contributed by atoms with van der Waals surface area (Å²) in [5.41, 5.74) is 6.62.